The molecule has 1 aliphatic carbocycles. The topological polar surface area (TPSA) is 49.8 Å². The quantitative estimate of drug-likeness (QED) is 0.632. The fraction of sp³-hybridized carbons (Fsp3) is 0.900. The number of rotatable bonds is 1. The highest BCUT2D eigenvalue weighted by atomic mass is 16.6. The van der Waals surface area contributed by atoms with E-state index in [1.54, 1.807) is 0 Å². The van der Waals surface area contributed by atoms with Crippen molar-refractivity contribution in [1.82, 2.24) is 0 Å². The Hall–Kier alpha value is -0.570. The van der Waals surface area contributed by atoms with E-state index in [-0.39, 0.29) is 5.60 Å². The van der Waals surface area contributed by atoms with E-state index in [0.29, 0.717) is 5.41 Å². The fourth-order valence-corrected chi connectivity index (χ4v) is 2.21. The molecule has 3 nitrogen and oxygen atoms in total. The lowest BCUT2D eigenvalue weighted by Gasteiger charge is -2.32. The third kappa shape index (κ3) is 1.46. The van der Waals surface area contributed by atoms with Crippen LogP contribution in [0.3, 0.4) is 0 Å². The average Bonchev–Trinajstić information content (AvgIpc) is 2.72. The smallest absolute Gasteiger partial charge is 0.335 e. The van der Waals surface area contributed by atoms with Crippen molar-refractivity contribution in [3.63, 3.8) is 0 Å². The van der Waals surface area contributed by atoms with Gasteiger partial charge in [0.05, 0.1) is 0 Å². The van der Waals surface area contributed by atoms with Crippen LogP contribution in [0.25, 0.3) is 0 Å². The molecule has 74 valence electrons. The third-order valence-corrected chi connectivity index (χ3v) is 3.45. The first-order valence-electron chi connectivity index (χ1n) is 4.86. The van der Waals surface area contributed by atoms with E-state index in [1.807, 2.05) is 0 Å². The summed E-state index contributed by atoms with van der Waals surface area (Å²) in [6.45, 7) is 4.47. The Morgan fingerprint density at radius 2 is 1.85 bits per heavy atom. The van der Waals surface area contributed by atoms with Crippen molar-refractivity contribution < 1.29 is 14.6 Å². The van der Waals surface area contributed by atoms with Crippen LogP contribution in [0.5, 0.6) is 0 Å². The minimum absolute atomic E-state index is 0.276. The largest absolute Gasteiger partial charge is 0.479 e. The molecule has 1 saturated heterocycles. The highest BCUT2D eigenvalue weighted by Crippen LogP contribution is 2.52. The van der Waals surface area contributed by atoms with Gasteiger partial charge in [-0.25, -0.2) is 4.79 Å². The first kappa shape index (κ1) is 9.00. The van der Waals surface area contributed by atoms with Crippen molar-refractivity contribution >= 4 is 5.97 Å². The van der Waals surface area contributed by atoms with Gasteiger partial charge in [-0.05, 0) is 31.1 Å². The zero-order chi connectivity index (χ0) is 9.69. The molecular weight excluding hydrogens is 168 g/mol. The van der Waals surface area contributed by atoms with E-state index in [9.17, 15) is 4.79 Å². The standard InChI is InChI=1S/C10H16O3/c1-9(2)3-5-10(6-4-9)7(13-10)8(11)12/h7H,3-6H2,1-2H3,(H,11,12). The molecule has 0 aromatic rings. The lowest BCUT2D eigenvalue weighted by Crippen LogP contribution is -2.30. The molecule has 1 saturated carbocycles. The molecule has 13 heavy (non-hydrogen) atoms. The highest BCUT2D eigenvalue weighted by Gasteiger charge is 2.62. The Morgan fingerprint density at radius 1 is 1.31 bits per heavy atom. The zero-order valence-electron chi connectivity index (χ0n) is 8.17. The van der Waals surface area contributed by atoms with Crippen molar-refractivity contribution in [2.45, 2.75) is 51.2 Å². The molecule has 2 aliphatic rings. The maximum absolute atomic E-state index is 10.7. The van der Waals surface area contributed by atoms with Crippen LogP contribution in [-0.2, 0) is 9.53 Å². The van der Waals surface area contributed by atoms with Crippen LogP contribution in [0, 0.1) is 5.41 Å². The molecule has 0 radical (unpaired) electrons. The maximum Gasteiger partial charge on any atom is 0.335 e. The Bertz CT molecular complexity index is 235. The number of hydrogen-bond donors (Lipinski definition) is 1. The van der Waals surface area contributed by atoms with Crippen LogP contribution in [0.4, 0.5) is 0 Å². The second-order valence-electron chi connectivity index (χ2n) is 5.07. The first-order valence-corrected chi connectivity index (χ1v) is 4.86. The number of hydrogen-bond acceptors (Lipinski definition) is 2. The Labute approximate surface area is 78.1 Å². The number of epoxide rings is 1. The van der Waals surface area contributed by atoms with E-state index < -0.39 is 12.1 Å². The van der Waals surface area contributed by atoms with Crippen LogP contribution < -0.4 is 0 Å². The summed E-state index contributed by atoms with van der Waals surface area (Å²) in [5.74, 6) is -0.792. The van der Waals surface area contributed by atoms with E-state index in [0.717, 1.165) is 25.7 Å². The molecule has 2 rings (SSSR count). The van der Waals surface area contributed by atoms with Crippen molar-refractivity contribution in [3.05, 3.63) is 0 Å². The Kier molecular flexibility index (Phi) is 1.71. The van der Waals surface area contributed by atoms with E-state index in [2.05, 4.69) is 13.8 Å². The summed E-state index contributed by atoms with van der Waals surface area (Å²) in [7, 11) is 0. The third-order valence-electron chi connectivity index (χ3n) is 3.45. The lowest BCUT2D eigenvalue weighted by molar-refractivity contribution is -0.138. The molecule has 1 unspecified atom stereocenters. The second kappa shape index (κ2) is 2.47. The Morgan fingerprint density at radius 3 is 2.23 bits per heavy atom. The summed E-state index contributed by atoms with van der Waals surface area (Å²) in [4.78, 5) is 10.7. The maximum atomic E-state index is 10.7. The Balaban J connectivity index is 1.97. The van der Waals surface area contributed by atoms with Crippen LogP contribution >= 0.6 is 0 Å². The van der Waals surface area contributed by atoms with Gasteiger partial charge in [0.15, 0.2) is 6.10 Å². The summed E-state index contributed by atoms with van der Waals surface area (Å²) in [6, 6.07) is 0. The molecule has 0 aromatic carbocycles. The molecule has 0 amide bonds. The van der Waals surface area contributed by atoms with Crippen molar-refractivity contribution in [3.8, 4) is 0 Å². The normalized spacial score (nSPS) is 34.5. The molecule has 1 spiro atoms. The molecule has 2 fully saturated rings. The van der Waals surface area contributed by atoms with Gasteiger partial charge in [-0.15, -0.1) is 0 Å². The van der Waals surface area contributed by atoms with Crippen molar-refractivity contribution in [2.75, 3.05) is 0 Å². The van der Waals surface area contributed by atoms with Crippen LogP contribution in [-0.4, -0.2) is 22.8 Å². The van der Waals surface area contributed by atoms with E-state index >= 15 is 0 Å². The molecule has 1 heterocycles. The second-order valence-corrected chi connectivity index (χ2v) is 5.07. The molecule has 3 heteroatoms. The summed E-state index contributed by atoms with van der Waals surface area (Å²) >= 11 is 0. The fourth-order valence-electron chi connectivity index (χ4n) is 2.21. The SMILES string of the molecule is CC1(C)CCC2(CC1)OC2C(=O)O. The predicted molar refractivity (Wildman–Crippen MR) is 47.5 cm³/mol. The molecule has 0 aromatic heterocycles. The lowest BCUT2D eigenvalue weighted by atomic mass is 9.72. The molecule has 1 N–H and O–H groups in total. The molecule has 0 bridgehead atoms. The number of carboxylic acid groups (broad SMARTS) is 1. The van der Waals surface area contributed by atoms with Gasteiger partial charge in [-0.3, -0.25) is 0 Å². The molecule has 1 atom stereocenters. The highest BCUT2D eigenvalue weighted by molar-refractivity contribution is 5.77. The minimum Gasteiger partial charge on any atom is -0.479 e. The van der Waals surface area contributed by atoms with Gasteiger partial charge < -0.3 is 9.84 Å². The summed E-state index contributed by atoms with van der Waals surface area (Å²) < 4.78 is 5.30. The monoisotopic (exact) mass is 184 g/mol. The van der Waals surface area contributed by atoms with Crippen molar-refractivity contribution in [2.24, 2.45) is 5.41 Å². The number of carboxylic acids is 1. The van der Waals surface area contributed by atoms with Gasteiger partial charge in [0.1, 0.15) is 5.60 Å². The average molecular weight is 184 g/mol. The van der Waals surface area contributed by atoms with Crippen LogP contribution in [0.1, 0.15) is 39.5 Å². The predicted octanol–water partition coefficient (Wildman–Crippen LogP) is 1.81. The van der Waals surface area contributed by atoms with E-state index in [1.165, 1.54) is 0 Å². The number of aliphatic carboxylic acids is 1. The number of ether oxygens (including phenoxy) is 1. The van der Waals surface area contributed by atoms with Gasteiger partial charge in [-0.2, -0.15) is 0 Å². The van der Waals surface area contributed by atoms with Gasteiger partial charge in [0, 0.05) is 0 Å². The van der Waals surface area contributed by atoms with Gasteiger partial charge in [0.2, 0.25) is 0 Å². The summed E-state index contributed by atoms with van der Waals surface area (Å²) in [5.41, 5.74) is 0.0988. The van der Waals surface area contributed by atoms with Gasteiger partial charge in [0.25, 0.3) is 0 Å². The van der Waals surface area contributed by atoms with Gasteiger partial charge in [-0.1, -0.05) is 13.8 Å². The summed E-state index contributed by atoms with van der Waals surface area (Å²) in [5, 5.41) is 8.78. The first-order chi connectivity index (χ1) is 5.95. The minimum atomic E-state index is -0.792. The van der Waals surface area contributed by atoms with Crippen LogP contribution in [0.2, 0.25) is 0 Å². The van der Waals surface area contributed by atoms with Gasteiger partial charge >= 0.3 is 5.97 Å². The summed E-state index contributed by atoms with van der Waals surface area (Å²) in [6.07, 6.45) is 3.48. The molecule has 1 aliphatic heterocycles. The zero-order valence-corrected chi connectivity index (χ0v) is 8.17. The van der Waals surface area contributed by atoms with Crippen LogP contribution in [0.15, 0.2) is 0 Å². The van der Waals surface area contributed by atoms with Crippen molar-refractivity contribution in [1.29, 1.82) is 0 Å². The van der Waals surface area contributed by atoms with E-state index in [4.69, 9.17) is 9.84 Å². The number of carbonyl (C=O) groups is 1. The molecular formula is C10H16O3.